The minimum atomic E-state index is -1.59. The largest absolute Gasteiger partial charge is 0.480 e. The molecule has 0 bridgehead atoms. The summed E-state index contributed by atoms with van der Waals surface area (Å²) in [4.78, 5) is 36.1. The molecule has 14 heteroatoms. The molecular formula is C20H37N3O10S. The summed E-state index contributed by atoms with van der Waals surface area (Å²) in [5.74, 6) is -3.21. The smallest absolute Gasteiger partial charge is 0.326 e. The number of hydrogen-bond donors (Lipinski definition) is 9. The van der Waals surface area contributed by atoms with E-state index < -0.39 is 85.1 Å². The molecule has 198 valence electrons. The second-order valence-corrected chi connectivity index (χ2v) is 9.03. The Labute approximate surface area is 203 Å². The van der Waals surface area contributed by atoms with Crippen molar-refractivity contribution in [2.24, 2.45) is 17.6 Å². The van der Waals surface area contributed by atoms with Gasteiger partial charge in [0.1, 0.15) is 30.5 Å². The third-order valence-electron chi connectivity index (χ3n) is 5.56. The number of aliphatic hydroxyl groups excluding tert-OH is 4. The molecule has 1 heterocycles. The minimum absolute atomic E-state index is 0.0411. The molecule has 0 aromatic rings. The van der Waals surface area contributed by atoms with Crippen LogP contribution in [0.25, 0.3) is 0 Å². The summed E-state index contributed by atoms with van der Waals surface area (Å²) in [6.07, 6.45) is -7.14. The number of carbonyl (C=O) groups excluding carboxylic acids is 2. The summed E-state index contributed by atoms with van der Waals surface area (Å²) in [6.45, 7) is 3.98. The van der Waals surface area contributed by atoms with Gasteiger partial charge in [-0.15, -0.1) is 0 Å². The molecule has 0 aromatic heterocycles. The Morgan fingerprint density at radius 2 is 1.68 bits per heavy atom. The first kappa shape index (κ1) is 30.5. The van der Waals surface area contributed by atoms with Crippen LogP contribution in [-0.2, 0) is 23.9 Å². The lowest BCUT2D eigenvalue weighted by molar-refractivity contribution is -0.302. The molecule has 0 aliphatic carbocycles. The van der Waals surface area contributed by atoms with Gasteiger partial charge in [0.25, 0.3) is 0 Å². The molecule has 10 atom stereocenters. The van der Waals surface area contributed by atoms with Gasteiger partial charge in [-0.05, 0) is 25.0 Å². The highest BCUT2D eigenvalue weighted by Crippen LogP contribution is 2.22. The number of hydrogen-bond acceptors (Lipinski definition) is 11. The first-order valence-electron chi connectivity index (χ1n) is 11.0. The van der Waals surface area contributed by atoms with Gasteiger partial charge in [-0.3, -0.25) is 9.59 Å². The SMILES string of the molecule is CC(C[C@H](N)C(=O)N[C@@H](C(=O)O)C(C)CS)NC(=O)C(C)CO[C@H]1OC(CO)C(O)C(O)C1O. The molecule has 7 unspecified atom stereocenters. The van der Waals surface area contributed by atoms with Gasteiger partial charge in [-0.2, -0.15) is 12.6 Å². The summed E-state index contributed by atoms with van der Waals surface area (Å²) in [5.41, 5.74) is 5.87. The summed E-state index contributed by atoms with van der Waals surface area (Å²) < 4.78 is 10.6. The number of rotatable bonds is 13. The number of nitrogens with one attached hydrogen (secondary N) is 2. The van der Waals surface area contributed by atoms with Crippen LogP contribution in [0.3, 0.4) is 0 Å². The molecule has 1 saturated heterocycles. The number of aliphatic carboxylic acids is 1. The lowest BCUT2D eigenvalue weighted by Crippen LogP contribution is -2.59. The molecule has 2 amide bonds. The van der Waals surface area contributed by atoms with Crippen molar-refractivity contribution in [3.05, 3.63) is 0 Å². The van der Waals surface area contributed by atoms with Crippen LogP contribution in [0, 0.1) is 11.8 Å². The van der Waals surface area contributed by atoms with Crippen LogP contribution in [0.5, 0.6) is 0 Å². The van der Waals surface area contributed by atoms with Gasteiger partial charge in [-0.1, -0.05) is 13.8 Å². The molecule has 1 rings (SSSR count). The zero-order chi connectivity index (χ0) is 26.2. The van der Waals surface area contributed by atoms with Crippen LogP contribution >= 0.6 is 12.6 Å². The minimum Gasteiger partial charge on any atom is -0.480 e. The number of ether oxygens (including phenoxy) is 2. The zero-order valence-corrected chi connectivity index (χ0v) is 20.3. The van der Waals surface area contributed by atoms with Crippen molar-refractivity contribution in [1.82, 2.24) is 10.6 Å². The van der Waals surface area contributed by atoms with Crippen LogP contribution in [0.15, 0.2) is 0 Å². The Kier molecular flexibility index (Phi) is 12.7. The third-order valence-corrected chi connectivity index (χ3v) is 6.14. The quantitative estimate of drug-likeness (QED) is 0.112. The van der Waals surface area contributed by atoms with E-state index in [1.807, 2.05) is 0 Å². The monoisotopic (exact) mass is 511 g/mol. The Morgan fingerprint density at radius 3 is 2.21 bits per heavy atom. The van der Waals surface area contributed by atoms with E-state index in [0.29, 0.717) is 0 Å². The van der Waals surface area contributed by atoms with E-state index in [9.17, 15) is 39.9 Å². The molecular weight excluding hydrogens is 474 g/mol. The van der Waals surface area contributed by atoms with E-state index in [-0.39, 0.29) is 18.8 Å². The molecule has 1 aliphatic rings. The second-order valence-electron chi connectivity index (χ2n) is 8.67. The first-order valence-corrected chi connectivity index (χ1v) is 11.6. The summed E-state index contributed by atoms with van der Waals surface area (Å²) in [5, 5.41) is 53.1. The van der Waals surface area contributed by atoms with Gasteiger partial charge in [0.05, 0.1) is 25.2 Å². The Balaban J connectivity index is 2.52. The Bertz CT molecular complexity index is 685. The summed E-state index contributed by atoms with van der Waals surface area (Å²) >= 11 is 4.05. The lowest BCUT2D eigenvalue weighted by atomic mass is 9.99. The topological polar surface area (TPSA) is 221 Å². The van der Waals surface area contributed by atoms with Crippen molar-refractivity contribution in [2.45, 2.75) is 76.0 Å². The number of carbonyl (C=O) groups is 3. The van der Waals surface area contributed by atoms with E-state index in [4.69, 9.17) is 15.2 Å². The van der Waals surface area contributed by atoms with Gasteiger partial charge >= 0.3 is 5.97 Å². The van der Waals surface area contributed by atoms with Crippen LogP contribution in [0.1, 0.15) is 27.2 Å². The molecule has 9 N–H and O–H groups in total. The van der Waals surface area contributed by atoms with Gasteiger partial charge in [0.2, 0.25) is 11.8 Å². The number of nitrogens with two attached hydrogens (primary N) is 1. The van der Waals surface area contributed by atoms with Crippen LogP contribution in [-0.4, -0.2) is 111 Å². The van der Waals surface area contributed by atoms with E-state index in [0.717, 1.165) is 0 Å². The van der Waals surface area contributed by atoms with Crippen molar-refractivity contribution < 1.29 is 49.4 Å². The molecule has 0 saturated carbocycles. The Morgan fingerprint density at radius 1 is 1.06 bits per heavy atom. The van der Waals surface area contributed by atoms with E-state index in [1.54, 1.807) is 13.8 Å². The molecule has 1 aliphatic heterocycles. The maximum absolute atomic E-state index is 12.4. The fourth-order valence-corrected chi connectivity index (χ4v) is 3.48. The highest BCUT2D eigenvalue weighted by Gasteiger charge is 2.44. The average Bonchev–Trinajstić information content (AvgIpc) is 2.79. The van der Waals surface area contributed by atoms with Gasteiger partial charge in [0.15, 0.2) is 6.29 Å². The van der Waals surface area contributed by atoms with Crippen molar-refractivity contribution in [1.29, 1.82) is 0 Å². The first-order chi connectivity index (χ1) is 15.8. The fourth-order valence-electron chi connectivity index (χ4n) is 3.27. The molecule has 1 fully saturated rings. The van der Waals surface area contributed by atoms with E-state index >= 15 is 0 Å². The fraction of sp³-hybridized carbons (Fsp3) is 0.850. The number of thiol groups is 1. The van der Waals surface area contributed by atoms with Crippen LogP contribution in [0.2, 0.25) is 0 Å². The number of carboxylic acid groups (broad SMARTS) is 1. The van der Waals surface area contributed by atoms with Gasteiger partial charge in [-0.25, -0.2) is 4.79 Å². The van der Waals surface area contributed by atoms with Crippen molar-refractivity contribution in [3.8, 4) is 0 Å². The maximum Gasteiger partial charge on any atom is 0.326 e. The second kappa shape index (κ2) is 14.1. The summed E-state index contributed by atoms with van der Waals surface area (Å²) in [7, 11) is 0. The standard InChI is InChI=1S/C20H37N3O10S/c1-8(6-32-20-16(27)15(26)14(25)12(5-24)33-20)17(28)22-10(3)4-11(21)18(29)23-13(19(30)31)9(2)7-34/h8-16,20,24-27,34H,4-7,21H2,1-3H3,(H,22,28)(H,23,29)(H,30,31)/t8?,9?,10?,11-,12?,13+,14?,15?,16?,20-/m0/s1. The molecule has 34 heavy (non-hydrogen) atoms. The van der Waals surface area contributed by atoms with Crippen molar-refractivity contribution >= 4 is 30.4 Å². The predicted molar refractivity (Wildman–Crippen MR) is 122 cm³/mol. The highest BCUT2D eigenvalue weighted by molar-refractivity contribution is 7.80. The van der Waals surface area contributed by atoms with E-state index in [2.05, 4.69) is 23.3 Å². The zero-order valence-electron chi connectivity index (χ0n) is 19.4. The molecule has 0 spiro atoms. The predicted octanol–water partition coefficient (Wildman–Crippen LogP) is -3.20. The summed E-state index contributed by atoms with van der Waals surface area (Å²) in [6, 6.07) is -2.74. The average molecular weight is 512 g/mol. The third kappa shape index (κ3) is 8.61. The van der Waals surface area contributed by atoms with Gasteiger partial charge in [0, 0.05) is 6.04 Å². The number of carboxylic acids is 1. The maximum atomic E-state index is 12.4. The van der Waals surface area contributed by atoms with Crippen molar-refractivity contribution in [3.63, 3.8) is 0 Å². The molecule has 0 aromatic carbocycles. The Hall–Kier alpha value is -1.52. The normalized spacial score (nSPS) is 29.4. The number of aliphatic hydroxyl groups is 4. The van der Waals surface area contributed by atoms with Crippen molar-refractivity contribution in [2.75, 3.05) is 19.0 Å². The highest BCUT2D eigenvalue weighted by atomic mass is 32.1. The molecule has 0 radical (unpaired) electrons. The van der Waals surface area contributed by atoms with Crippen LogP contribution in [0.4, 0.5) is 0 Å². The van der Waals surface area contributed by atoms with E-state index in [1.165, 1.54) is 6.92 Å². The molecule has 13 nitrogen and oxygen atoms in total. The van der Waals surface area contributed by atoms with Gasteiger partial charge < -0.3 is 51.4 Å². The number of amides is 2. The lowest BCUT2D eigenvalue weighted by Gasteiger charge is -2.39. The van der Waals surface area contributed by atoms with Crippen LogP contribution < -0.4 is 16.4 Å².